The van der Waals surface area contributed by atoms with E-state index in [9.17, 15) is 4.79 Å². The van der Waals surface area contributed by atoms with Crippen LogP contribution in [-0.4, -0.2) is 23.3 Å². The Morgan fingerprint density at radius 3 is 2.46 bits per heavy atom. The van der Waals surface area contributed by atoms with Gasteiger partial charge in [0.2, 0.25) is 0 Å². The number of carbonyl (C=O) groups is 1. The molecule has 2 aromatic carbocycles. The molecule has 3 rings (SSSR count). The molecule has 1 N–H and O–H groups in total. The molecule has 0 aliphatic carbocycles. The summed E-state index contributed by atoms with van der Waals surface area (Å²) in [6.45, 7) is 6.06. The van der Waals surface area contributed by atoms with Crippen molar-refractivity contribution in [2.24, 2.45) is 5.10 Å². The molecule has 0 radical (unpaired) electrons. The van der Waals surface area contributed by atoms with Crippen LogP contribution in [0.5, 0.6) is 5.75 Å². The van der Waals surface area contributed by atoms with Crippen molar-refractivity contribution < 1.29 is 9.53 Å². The predicted octanol–water partition coefficient (Wildman–Crippen LogP) is 4.69. The summed E-state index contributed by atoms with van der Waals surface area (Å²) < 4.78 is 8.55. The third-order valence-electron chi connectivity index (χ3n) is 4.34. The first-order valence-electron chi connectivity index (χ1n) is 8.90. The number of aryl methyl sites for hydroxylation is 2. The monoisotopic (exact) mass is 439 g/mol. The van der Waals surface area contributed by atoms with Gasteiger partial charge >= 0.3 is 0 Å². The summed E-state index contributed by atoms with van der Waals surface area (Å²) in [4.78, 5) is 11.9. The van der Waals surface area contributed by atoms with Crippen molar-refractivity contribution in [3.8, 4) is 11.4 Å². The van der Waals surface area contributed by atoms with Gasteiger partial charge in [-0.2, -0.15) is 5.10 Å². The topological polar surface area (TPSA) is 55.6 Å². The lowest BCUT2D eigenvalue weighted by atomic mass is 10.2. The standard InChI is InChI=1S/C22H22BrN3O2/c1-15-4-8-20(9-5-15)26-16(2)12-18(17(26)3)13-24-25-22(27)14-28-21-10-6-19(23)7-11-21/h4-13H,14H2,1-3H3,(H,25,27)/b24-13-. The average Bonchev–Trinajstić information content (AvgIpc) is 2.96. The lowest BCUT2D eigenvalue weighted by Crippen LogP contribution is -2.24. The molecule has 0 unspecified atom stereocenters. The van der Waals surface area contributed by atoms with Crippen LogP contribution in [0.25, 0.3) is 5.69 Å². The van der Waals surface area contributed by atoms with Crippen LogP contribution in [0, 0.1) is 20.8 Å². The van der Waals surface area contributed by atoms with Crippen molar-refractivity contribution in [2.75, 3.05) is 6.61 Å². The number of benzene rings is 2. The molecule has 1 heterocycles. The molecular weight excluding hydrogens is 418 g/mol. The Kier molecular flexibility index (Phi) is 6.31. The third kappa shape index (κ3) is 4.89. The average molecular weight is 440 g/mol. The molecule has 28 heavy (non-hydrogen) atoms. The largest absolute Gasteiger partial charge is 0.484 e. The fourth-order valence-electron chi connectivity index (χ4n) is 2.90. The zero-order chi connectivity index (χ0) is 20.1. The first-order chi connectivity index (χ1) is 13.4. The van der Waals surface area contributed by atoms with E-state index in [0.29, 0.717) is 5.75 Å². The maximum atomic E-state index is 11.9. The first-order valence-corrected chi connectivity index (χ1v) is 9.69. The highest BCUT2D eigenvalue weighted by atomic mass is 79.9. The normalized spacial score (nSPS) is 11.0. The summed E-state index contributed by atoms with van der Waals surface area (Å²) in [6, 6.07) is 17.7. The van der Waals surface area contributed by atoms with Crippen molar-refractivity contribution >= 4 is 28.1 Å². The lowest BCUT2D eigenvalue weighted by molar-refractivity contribution is -0.123. The summed E-state index contributed by atoms with van der Waals surface area (Å²) in [5.74, 6) is 0.315. The minimum absolute atomic E-state index is 0.0959. The number of halogens is 1. The van der Waals surface area contributed by atoms with Gasteiger partial charge in [-0.05, 0) is 63.2 Å². The second-order valence-corrected chi connectivity index (χ2v) is 7.45. The Labute approximate surface area is 173 Å². The van der Waals surface area contributed by atoms with Gasteiger partial charge < -0.3 is 9.30 Å². The van der Waals surface area contributed by atoms with Gasteiger partial charge in [0.25, 0.3) is 5.91 Å². The van der Waals surface area contributed by atoms with Crippen molar-refractivity contribution in [1.29, 1.82) is 0 Å². The highest BCUT2D eigenvalue weighted by Gasteiger charge is 2.09. The van der Waals surface area contributed by atoms with Crippen LogP contribution >= 0.6 is 15.9 Å². The van der Waals surface area contributed by atoms with Gasteiger partial charge in [-0.1, -0.05) is 33.6 Å². The molecule has 0 saturated carbocycles. The summed E-state index contributed by atoms with van der Waals surface area (Å²) in [5, 5.41) is 4.07. The molecule has 0 atom stereocenters. The minimum Gasteiger partial charge on any atom is -0.484 e. The van der Waals surface area contributed by atoms with E-state index < -0.39 is 0 Å². The minimum atomic E-state index is -0.313. The zero-order valence-corrected chi connectivity index (χ0v) is 17.7. The SMILES string of the molecule is Cc1ccc(-n2c(C)cc(/C=N\NC(=O)COc3ccc(Br)cc3)c2C)cc1. The van der Waals surface area contributed by atoms with E-state index in [2.05, 4.69) is 69.1 Å². The number of nitrogens with one attached hydrogen (secondary N) is 1. The molecule has 0 spiro atoms. The first kappa shape index (κ1) is 19.9. The molecule has 5 nitrogen and oxygen atoms in total. The van der Waals surface area contributed by atoms with Crippen LogP contribution in [0.4, 0.5) is 0 Å². The number of ether oxygens (including phenoxy) is 1. The van der Waals surface area contributed by atoms with Gasteiger partial charge in [-0.25, -0.2) is 5.43 Å². The van der Waals surface area contributed by atoms with E-state index in [-0.39, 0.29) is 12.5 Å². The van der Waals surface area contributed by atoms with E-state index in [1.54, 1.807) is 18.3 Å². The molecule has 0 saturated heterocycles. The number of hydrogen-bond donors (Lipinski definition) is 1. The van der Waals surface area contributed by atoms with Crippen LogP contribution in [0.1, 0.15) is 22.5 Å². The van der Waals surface area contributed by atoms with Crippen molar-refractivity contribution in [3.05, 3.63) is 81.6 Å². The number of amides is 1. The molecule has 144 valence electrons. The molecule has 6 heteroatoms. The Hall–Kier alpha value is -2.86. The van der Waals surface area contributed by atoms with Gasteiger partial charge in [0.1, 0.15) is 5.75 Å². The summed E-state index contributed by atoms with van der Waals surface area (Å²) >= 11 is 3.36. The van der Waals surface area contributed by atoms with Gasteiger partial charge in [0, 0.05) is 27.1 Å². The van der Waals surface area contributed by atoms with Crippen LogP contribution < -0.4 is 10.2 Å². The quantitative estimate of drug-likeness (QED) is 0.447. The zero-order valence-electron chi connectivity index (χ0n) is 16.1. The molecular formula is C22H22BrN3O2. The second-order valence-electron chi connectivity index (χ2n) is 6.53. The highest BCUT2D eigenvalue weighted by molar-refractivity contribution is 9.10. The number of aromatic nitrogens is 1. The fourth-order valence-corrected chi connectivity index (χ4v) is 3.16. The number of nitrogens with zero attached hydrogens (tertiary/aromatic N) is 2. The number of hydrazone groups is 1. The van der Waals surface area contributed by atoms with Crippen LogP contribution in [0.15, 0.2) is 64.2 Å². The van der Waals surface area contributed by atoms with E-state index in [1.165, 1.54) is 5.56 Å². The van der Waals surface area contributed by atoms with Gasteiger partial charge in [-0.3, -0.25) is 4.79 Å². The van der Waals surface area contributed by atoms with Crippen molar-refractivity contribution in [1.82, 2.24) is 9.99 Å². The molecule has 0 fully saturated rings. The lowest BCUT2D eigenvalue weighted by Gasteiger charge is -2.09. The van der Waals surface area contributed by atoms with Gasteiger partial charge in [-0.15, -0.1) is 0 Å². The van der Waals surface area contributed by atoms with Crippen molar-refractivity contribution in [2.45, 2.75) is 20.8 Å². The van der Waals surface area contributed by atoms with Crippen molar-refractivity contribution in [3.63, 3.8) is 0 Å². The number of carbonyl (C=O) groups excluding carboxylic acids is 1. The highest BCUT2D eigenvalue weighted by Crippen LogP contribution is 2.20. The Morgan fingerprint density at radius 1 is 1.11 bits per heavy atom. The number of rotatable bonds is 6. The summed E-state index contributed by atoms with van der Waals surface area (Å²) in [5.41, 5.74) is 7.95. The Morgan fingerprint density at radius 2 is 1.79 bits per heavy atom. The van der Waals surface area contributed by atoms with Crippen LogP contribution in [0.2, 0.25) is 0 Å². The van der Waals surface area contributed by atoms with E-state index in [4.69, 9.17) is 4.74 Å². The summed E-state index contributed by atoms with van der Waals surface area (Å²) in [7, 11) is 0. The van der Waals surface area contributed by atoms with E-state index in [0.717, 1.165) is 27.1 Å². The second kappa shape index (κ2) is 8.89. The molecule has 1 aromatic heterocycles. The maximum Gasteiger partial charge on any atom is 0.277 e. The van der Waals surface area contributed by atoms with Gasteiger partial charge in [0.05, 0.1) is 6.21 Å². The number of hydrogen-bond acceptors (Lipinski definition) is 3. The van der Waals surface area contributed by atoms with Crippen LogP contribution in [0.3, 0.4) is 0 Å². The molecule has 0 bridgehead atoms. The summed E-state index contributed by atoms with van der Waals surface area (Å²) in [6.07, 6.45) is 1.66. The molecule has 3 aromatic rings. The maximum absolute atomic E-state index is 11.9. The predicted molar refractivity (Wildman–Crippen MR) is 115 cm³/mol. The Balaban J connectivity index is 1.61. The van der Waals surface area contributed by atoms with E-state index in [1.807, 2.05) is 25.1 Å². The Bertz CT molecular complexity index is 990. The molecule has 1 amide bonds. The smallest absolute Gasteiger partial charge is 0.277 e. The molecule has 0 aliphatic rings. The van der Waals surface area contributed by atoms with Gasteiger partial charge in [0.15, 0.2) is 6.61 Å². The third-order valence-corrected chi connectivity index (χ3v) is 4.87. The fraction of sp³-hybridized carbons (Fsp3) is 0.182. The van der Waals surface area contributed by atoms with Crippen LogP contribution in [-0.2, 0) is 4.79 Å². The van der Waals surface area contributed by atoms with E-state index >= 15 is 0 Å². The molecule has 0 aliphatic heterocycles.